The van der Waals surface area contributed by atoms with Crippen molar-refractivity contribution in [2.45, 2.75) is 37.6 Å². The molecule has 1 N–H and O–H groups in total. The Balaban J connectivity index is 2.17. The monoisotopic (exact) mass is 499 g/mol. The molecule has 5 heteroatoms. The lowest BCUT2D eigenvalue weighted by molar-refractivity contribution is 0.0885. The van der Waals surface area contributed by atoms with E-state index in [4.69, 9.17) is 0 Å². The molecular formula is C14H16Br2INO. The number of amides is 1. The Hall–Kier alpha value is 0.380. The third kappa shape index (κ3) is 3.94. The maximum Gasteiger partial charge on any atom is 0.252 e. The number of hydrogen-bond donors (Lipinski definition) is 1. The molecule has 104 valence electrons. The molecule has 1 aliphatic rings. The number of halogens is 3. The summed E-state index contributed by atoms with van der Waals surface area (Å²) < 4.78 is 1.92. The van der Waals surface area contributed by atoms with E-state index in [0.29, 0.717) is 0 Å². The zero-order valence-corrected chi connectivity index (χ0v) is 15.8. The molecule has 0 unspecified atom stereocenters. The summed E-state index contributed by atoms with van der Waals surface area (Å²) in [6.45, 7) is 0. The molecule has 1 amide bonds. The molecule has 1 aromatic rings. The van der Waals surface area contributed by atoms with Gasteiger partial charge in [0, 0.05) is 13.4 Å². The van der Waals surface area contributed by atoms with Crippen molar-refractivity contribution in [2.24, 2.45) is 0 Å². The average Bonchev–Trinajstić information content (AvgIpc) is 2.42. The summed E-state index contributed by atoms with van der Waals surface area (Å²) in [7, 11) is 0. The lowest BCUT2D eigenvalue weighted by Crippen LogP contribution is -2.51. The summed E-state index contributed by atoms with van der Waals surface area (Å²) in [5.41, 5.74) is 0.682. The van der Waals surface area contributed by atoms with Crippen LogP contribution in [-0.4, -0.2) is 16.8 Å². The van der Waals surface area contributed by atoms with Crippen LogP contribution in [0.2, 0.25) is 0 Å². The van der Waals surface area contributed by atoms with E-state index in [1.165, 1.54) is 19.3 Å². The molecule has 19 heavy (non-hydrogen) atoms. The SMILES string of the molecule is O=C(NC1(CBr)CCCCC1)c1cc(Br)ccc1I. The van der Waals surface area contributed by atoms with Crippen molar-refractivity contribution < 1.29 is 4.79 Å². The fourth-order valence-electron chi connectivity index (χ4n) is 2.50. The minimum absolute atomic E-state index is 0.0343. The second-order valence-electron chi connectivity index (χ2n) is 5.05. The van der Waals surface area contributed by atoms with Crippen molar-refractivity contribution in [3.05, 3.63) is 31.8 Å². The minimum Gasteiger partial charge on any atom is -0.346 e. The maximum absolute atomic E-state index is 12.5. The van der Waals surface area contributed by atoms with E-state index >= 15 is 0 Å². The van der Waals surface area contributed by atoms with Gasteiger partial charge >= 0.3 is 0 Å². The molecule has 0 atom stereocenters. The summed E-state index contributed by atoms with van der Waals surface area (Å²) in [5, 5.41) is 4.08. The van der Waals surface area contributed by atoms with E-state index in [1.54, 1.807) is 0 Å². The van der Waals surface area contributed by atoms with Crippen LogP contribution in [0.25, 0.3) is 0 Å². The summed E-state index contributed by atoms with van der Waals surface area (Å²) in [5.74, 6) is 0.0343. The summed E-state index contributed by atoms with van der Waals surface area (Å²) in [4.78, 5) is 12.5. The molecule has 2 nitrogen and oxygen atoms in total. The third-order valence-corrected chi connectivity index (χ3v) is 6.13. The van der Waals surface area contributed by atoms with Gasteiger partial charge in [-0.3, -0.25) is 4.79 Å². The van der Waals surface area contributed by atoms with E-state index in [-0.39, 0.29) is 11.4 Å². The topological polar surface area (TPSA) is 29.1 Å². The molecule has 1 aromatic carbocycles. The molecule has 1 aliphatic carbocycles. The van der Waals surface area contributed by atoms with E-state index in [0.717, 1.165) is 31.8 Å². The molecule has 0 radical (unpaired) electrons. The van der Waals surface area contributed by atoms with Gasteiger partial charge in [0.05, 0.1) is 11.1 Å². The maximum atomic E-state index is 12.5. The van der Waals surface area contributed by atoms with Crippen LogP contribution in [0.5, 0.6) is 0 Å². The quantitative estimate of drug-likeness (QED) is 0.465. The Bertz CT molecular complexity index is 473. The first kappa shape index (κ1) is 15.8. The van der Waals surface area contributed by atoms with Gasteiger partial charge in [-0.15, -0.1) is 0 Å². The Morgan fingerprint density at radius 1 is 1.32 bits per heavy atom. The zero-order chi connectivity index (χ0) is 13.9. The van der Waals surface area contributed by atoms with Gasteiger partial charge in [-0.25, -0.2) is 0 Å². The Morgan fingerprint density at radius 3 is 2.63 bits per heavy atom. The van der Waals surface area contributed by atoms with Gasteiger partial charge < -0.3 is 5.32 Å². The third-order valence-electron chi connectivity index (χ3n) is 3.62. The van der Waals surface area contributed by atoms with Crippen molar-refractivity contribution in [2.75, 3.05) is 5.33 Å². The van der Waals surface area contributed by atoms with Crippen molar-refractivity contribution >= 4 is 60.4 Å². The summed E-state index contributed by atoms with van der Waals surface area (Å²) in [6.07, 6.45) is 5.80. The highest BCUT2D eigenvalue weighted by Gasteiger charge is 2.33. The highest BCUT2D eigenvalue weighted by molar-refractivity contribution is 14.1. The minimum atomic E-state index is -0.0687. The Labute approximate surface area is 144 Å². The number of alkyl halides is 1. The van der Waals surface area contributed by atoms with Gasteiger partial charge in [-0.1, -0.05) is 51.1 Å². The smallest absolute Gasteiger partial charge is 0.252 e. The molecule has 0 bridgehead atoms. The molecule has 0 saturated heterocycles. The number of carbonyl (C=O) groups excluding carboxylic acids is 1. The predicted octanol–water partition coefficient (Wildman–Crippen LogP) is 4.88. The van der Waals surface area contributed by atoms with E-state index in [1.807, 2.05) is 18.2 Å². The molecular weight excluding hydrogens is 485 g/mol. The molecule has 0 aromatic heterocycles. The fourth-order valence-corrected chi connectivity index (χ4v) is 4.14. The average molecular weight is 501 g/mol. The van der Waals surface area contributed by atoms with E-state index in [2.05, 4.69) is 59.8 Å². The van der Waals surface area contributed by atoms with Crippen LogP contribution >= 0.6 is 54.5 Å². The lowest BCUT2D eigenvalue weighted by atomic mass is 9.83. The number of carbonyl (C=O) groups is 1. The van der Waals surface area contributed by atoms with Crippen molar-refractivity contribution in [3.63, 3.8) is 0 Å². The van der Waals surface area contributed by atoms with E-state index in [9.17, 15) is 4.79 Å². The number of hydrogen-bond acceptors (Lipinski definition) is 1. The first-order chi connectivity index (χ1) is 9.06. The standard InChI is InChI=1S/C14H16Br2INO/c15-9-14(6-2-1-3-7-14)18-13(19)11-8-10(16)4-5-12(11)17/h4-5,8H,1-3,6-7,9H2,(H,18,19). The highest BCUT2D eigenvalue weighted by atomic mass is 127. The lowest BCUT2D eigenvalue weighted by Gasteiger charge is -2.36. The normalized spacial score (nSPS) is 18.1. The van der Waals surface area contributed by atoms with Crippen molar-refractivity contribution in [3.8, 4) is 0 Å². The van der Waals surface area contributed by atoms with Gasteiger partial charge in [-0.05, 0) is 53.6 Å². The molecule has 0 heterocycles. The number of benzene rings is 1. The van der Waals surface area contributed by atoms with Crippen LogP contribution in [-0.2, 0) is 0 Å². The highest BCUT2D eigenvalue weighted by Crippen LogP contribution is 2.30. The fraction of sp³-hybridized carbons (Fsp3) is 0.500. The van der Waals surface area contributed by atoms with Crippen LogP contribution in [0.4, 0.5) is 0 Å². The van der Waals surface area contributed by atoms with Gasteiger partial charge in [0.2, 0.25) is 0 Å². The van der Waals surface area contributed by atoms with Gasteiger partial charge in [0.25, 0.3) is 5.91 Å². The van der Waals surface area contributed by atoms with Gasteiger partial charge in [-0.2, -0.15) is 0 Å². The number of rotatable bonds is 3. The molecule has 1 saturated carbocycles. The van der Waals surface area contributed by atoms with Gasteiger partial charge in [0.15, 0.2) is 0 Å². The Morgan fingerprint density at radius 2 is 2.00 bits per heavy atom. The number of nitrogens with one attached hydrogen (secondary N) is 1. The first-order valence-corrected chi connectivity index (χ1v) is 9.39. The van der Waals surface area contributed by atoms with Crippen molar-refractivity contribution in [1.29, 1.82) is 0 Å². The van der Waals surface area contributed by atoms with Crippen molar-refractivity contribution in [1.82, 2.24) is 5.32 Å². The molecule has 0 spiro atoms. The zero-order valence-electron chi connectivity index (χ0n) is 10.5. The second kappa shape index (κ2) is 6.89. The molecule has 2 rings (SSSR count). The van der Waals surface area contributed by atoms with Crippen LogP contribution < -0.4 is 5.32 Å². The summed E-state index contributed by atoms with van der Waals surface area (Å²) >= 11 is 9.21. The van der Waals surface area contributed by atoms with Crippen LogP contribution in [0.1, 0.15) is 42.5 Å². The van der Waals surface area contributed by atoms with E-state index < -0.39 is 0 Å². The predicted molar refractivity (Wildman–Crippen MR) is 93.9 cm³/mol. The molecule has 1 fully saturated rings. The molecule has 0 aliphatic heterocycles. The summed E-state index contributed by atoms with van der Waals surface area (Å²) in [6, 6.07) is 5.81. The van der Waals surface area contributed by atoms with Gasteiger partial charge in [0.1, 0.15) is 0 Å². The van der Waals surface area contributed by atoms with Crippen LogP contribution in [0, 0.1) is 3.57 Å². The second-order valence-corrected chi connectivity index (χ2v) is 7.69. The Kier molecular flexibility index (Phi) is 5.72. The van der Waals surface area contributed by atoms with Crippen LogP contribution in [0.15, 0.2) is 22.7 Å². The first-order valence-electron chi connectivity index (χ1n) is 6.40. The largest absolute Gasteiger partial charge is 0.346 e. The van der Waals surface area contributed by atoms with Crippen LogP contribution in [0.3, 0.4) is 0 Å².